The van der Waals surface area contributed by atoms with Gasteiger partial charge in [-0.1, -0.05) is 0 Å². The standard InChI is InChI=1S/C11H16F2OS/c1-10(4-2-6-15-10)9(14)8-3-5-11(12,13)7-8/h8H,2-7H2,1H3. The van der Waals surface area contributed by atoms with Gasteiger partial charge in [0.05, 0.1) is 4.75 Å². The molecule has 86 valence electrons. The number of hydrogen-bond donors (Lipinski definition) is 0. The average molecular weight is 234 g/mol. The lowest BCUT2D eigenvalue weighted by Gasteiger charge is -2.24. The van der Waals surface area contributed by atoms with E-state index in [4.69, 9.17) is 0 Å². The Morgan fingerprint density at radius 1 is 1.40 bits per heavy atom. The van der Waals surface area contributed by atoms with E-state index in [1.165, 1.54) is 0 Å². The van der Waals surface area contributed by atoms with E-state index in [1.807, 2.05) is 6.92 Å². The summed E-state index contributed by atoms with van der Waals surface area (Å²) in [5.41, 5.74) is 0. The van der Waals surface area contributed by atoms with E-state index in [0.29, 0.717) is 6.42 Å². The number of hydrogen-bond acceptors (Lipinski definition) is 2. The lowest BCUT2D eigenvalue weighted by atomic mass is 9.89. The number of carbonyl (C=O) groups is 1. The minimum Gasteiger partial charge on any atom is -0.298 e. The number of alkyl halides is 2. The van der Waals surface area contributed by atoms with Gasteiger partial charge in [0.2, 0.25) is 5.92 Å². The molecule has 2 unspecified atom stereocenters. The summed E-state index contributed by atoms with van der Waals surface area (Å²) in [6.07, 6.45) is 1.95. The van der Waals surface area contributed by atoms with Gasteiger partial charge in [0.15, 0.2) is 5.78 Å². The Bertz CT molecular complexity index is 272. The maximum Gasteiger partial charge on any atom is 0.248 e. The monoisotopic (exact) mass is 234 g/mol. The first-order chi connectivity index (χ1) is 6.93. The Labute approximate surface area is 93.0 Å². The van der Waals surface area contributed by atoms with Crippen molar-refractivity contribution in [3.63, 3.8) is 0 Å². The molecular formula is C11H16F2OS. The summed E-state index contributed by atoms with van der Waals surface area (Å²) in [5.74, 6) is -1.93. The summed E-state index contributed by atoms with van der Waals surface area (Å²) < 4.78 is 25.6. The van der Waals surface area contributed by atoms with Crippen LogP contribution in [0.15, 0.2) is 0 Å². The van der Waals surface area contributed by atoms with Crippen molar-refractivity contribution in [3.8, 4) is 0 Å². The molecule has 2 aliphatic rings. The number of halogens is 2. The molecule has 2 atom stereocenters. The molecule has 1 saturated heterocycles. The second-order valence-electron chi connectivity index (χ2n) is 4.84. The normalized spacial score (nSPS) is 39.5. The van der Waals surface area contributed by atoms with E-state index >= 15 is 0 Å². The maximum absolute atomic E-state index is 13.0. The molecular weight excluding hydrogens is 218 g/mol. The SMILES string of the molecule is CC1(C(=O)C2CCC(F)(F)C2)CCCS1. The largest absolute Gasteiger partial charge is 0.298 e. The van der Waals surface area contributed by atoms with E-state index in [1.54, 1.807) is 11.8 Å². The van der Waals surface area contributed by atoms with Crippen LogP contribution in [0.4, 0.5) is 8.78 Å². The Balaban J connectivity index is 2.03. The molecule has 0 aromatic carbocycles. The fourth-order valence-electron chi connectivity index (χ4n) is 2.58. The van der Waals surface area contributed by atoms with Crippen LogP contribution in [0, 0.1) is 5.92 Å². The van der Waals surface area contributed by atoms with Crippen molar-refractivity contribution in [2.75, 3.05) is 5.75 Å². The molecule has 0 bridgehead atoms. The lowest BCUT2D eigenvalue weighted by Crippen LogP contribution is -2.34. The Kier molecular flexibility index (Phi) is 2.82. The molecule has 2 rings (SSSR count). The fraction of sp³-hybridized carbons (Fsp3) is 0.909. The van der Waals surface area contributed by atoms with Gasteiger partial charge in [-0.3, -0.25) is 4.79 Å². The van der Waals surface area contributed by atoms with Crippen molar-refractivity contribution in [1.29, 1.82) is 0 Å². The molecule has 1 nitrogen and oxygen atoms in total. The van der Waals surface area contributed by atoms with Crippen LogP contribution in [0.25, 0.3) is 0 Å². The molecule has 1 aliphatic heterocycles. The highest BCUT2D eigenvalue weighted by Crippen LogP contribution is 2.46. The van der Waals surface area contributed by atoms with Gasteiger partial charge < -0.3 is 0 Å². The number of rotatable bonds is 2. The fourth-order valence-corrected chi connectivity index (χ4v) is 3.92. The lowest BCUT2D eigenvalue weighted by molar-refractivity contribution is -0.125. The molecule has 2 fully saturated rings. The van der Waals surface area contributed by atoms with E-state index in [-0.39, 0.29) is 23.4 Å². The first-order valence-electron chi connectivity index (χ1n) is 5.49. The zero-order valence-corrected chi connectivity index (χ0v) is 9.71. The van der Waals surface area contributed by atoms with Crippen LogP contribution in [0.3, 0.4) is 0 Å². The number of ketones is 1. The number of thioether (sulfide) groups is 1. The van der Waals surface area contributed by atoms with Crippen molar-refractivity contribution < 1.29 is 13.6 Å². The van der Waals surface area contributed by atoms with Crippen molar-refractivity contribution >= 4 is 17.5 Å². The Morgan fingerprint density at radius 2 is 2.13 bits per heavy atom. The van der Waals surface area contributed by atoms with Crippen LogP contribution in [0.2, 0.25) is 0 Å². The van der Waals surface area contributed by atoms with Gasteiger partial charge in [-0.15, -0.1) is 11.8 Å². The van der Waals surface area contributed by atoms with Gasteiger partial charge in [0.1, 0.15) is 0 Å². The highest BCUT2D eigenvalue weighted by atomic mass is 32.2. The van der Waals surface area contributed by atoms with Crippen LogP contribution in [0.1, 0.15) is 39.0 Å². The minimum absolute atomic E-state index is 0.0715. The van der Waals surface area contributed by atoms with Gasteiger partial charge in [0, 0.05) is 18.8 Å². The summed E-state index contributed by atoms with van der Waals surface area (Å²) >= 11 is 1.65. The second kappa shape index (κ2) is 3.72. The summed E-state index contributed by atoms with van der Waals surface area (Å²) in [4.78, 5) is 12.1. The molecule has 1 heterocycles. The van der Waals surface area contributed by atoms with Crippen molar-refractivity contribution in [1.82, 2.24) is 0 Å². The van der Waals surface area contributed by atoms with Crippen LogP contribution < -0.4 is 0 Å². The predicted octanol–water partition coefficient (Wildman–Crippen LogP) is 3.28. The predicted molar refractivity (Wildman–Crippen MR) is 57.4 cm³/mol. The van der Waals surface area contributed by atoms with Gasteiger partial charge in [-0.2, -0.15) is 0 Å². The topological polar surface area (TPSA) is 17.1 Å². The molecule has 1 saturated carbocycles. The van der Waals surface area contributed by atoms with Gasteiger partial charge in [0.25, 0.3) is 0 Å². The van der Waals surface area contributed by atoms with Gasteiger partial charge in [-0.05, 0) is 31.9 Å². The molecule has 0 aromatic heterocycles. The first-order valence-corrected chi connectivity index (χ1v) is 6.48. The van der Waals surface area contributed by atoms with Crippen LogP contribution in [-0.2, 0) is 4.79 Å². The highest BCUT2D eigenvalue weighted by molar-refractivity contribution is 8.01. The maximum atomic E-state index is 13.0. The summed E-state index contributed by atoms with van der Waals surface area (Å²) in [7, 11) is 0. The van der Waals surface area contributed by atoms with E-state index < -0.39 is 11.8 Å². The van der Waals surface area contributed by atoms with E-state index in [2.05, 4.69) is 0 Å². The molecule has 15 heavy (non-hydrogen) atoms. The summed E-state index contributed by atoms with van der Waals surface area (Å²) in [6.45, 7) is 1.92. The van der Waals surface area contributed by atoms with Crippen LogP contribution >= 0.6 is 11.8 Å². The Morgan fingerprint density at radius 3 is 2.60 bits per heavy atom. The van der Waals surface area contributed by atoms with Crippen molar-refractivity contribution in [2.24, 2.45) is 5.92 Å². The average Bonchev–Trinajstić information content (AvgIpc) is 2.72. The van der Waals surface area contributed by atoms with Gasteiger partial charge in [-0.25, -0.2) is 8.78 Å². The number of Topliss-reactive ketones (excluding diaryl/α,β-unsaturated/α-hetero) is 1. The molecule has 0 spiro atoms. The zero-order valence-electron chi connectivity index (χ0n) is 8.89. The van der Waals surface area contributed by atoms with Crippen molar-refractivity contribution in [3.05, 3.63) is 0 Å². The molecule has 0 N–H and O–H groups in total. The van der Waals surface area contributed by atoms with Crippen LogP contribution in [-0.4, -0.2) is 22.2 Å². The van der Waals surface area contributed by atoms with Gasteiger partial charge >= 0.3 is 0 Å². The third-order valence-electron chi connectivity index (χ3n) is 3.51. The molecule has 1 aliphatic carbocycles. The zero-order chi connectivity index (χ0) is 11.1. The third-order valence-corrected chi connectivity index (χ3v) is 5.05. The van der Waals surface area contributed by atoms with Crippen molar-refractivity contribution in [2.45, 2.75) is 49.7 Å². The summed E-state index contributed by atoms with van der Waals surface area (Å²) in [6, 6.07) is 0. The smallest absolute Gasteiger partial charge is 0.248 e. The third kappa shape index (κ3) is 2.19. The Hall–Kier alpha value is -0.120. The van der Waals surface area contributed by atoms with E-state index in [0.717, 1.165) is 18.6 Å². The first kappa shape index (κ1) is 11.4. The second-order valence-corrected chi connectivity index (χ2v) is 6.44. The molecule has 0 amide bonds. The molecule has 4 heteroatoms. The molecule has 0 radical (unpaired) electrons. The molecule has 0 aromatic rings. The quantitative estimate of drug-likeness (QED) is 0.729. The van der Waals surface area contributed by atoms with Crippen LogP contribution in [0.5, 0.6) is 0 Å². The minimum atomic E-state index is -2.60. The number of carbonyl (C=O) groups excluding carboxylic acids is 1. The van der Waals surface area contributed by atoms with E-state index in [9.17, 15) is 13.6 Å². The summed E-state index contributed by atoms with van der Waals surface area (Å²) in [5, 5.41) is 0. The highest BCUT2D eigenvalue weighted by Gasteiger charge is 2.48.